The maximum absolute atomic E-state index is 11.8. The van der Waals surface area contributed by atoms with Gasteiger partial charge in [-0.3, -0.25) is 5.32 Å². The fraction of sp³-hybridized carbons (Fsp3) is 0.167. The Hall–Kier alpha value is -2.51. The lowest BCUT2D eigenvalue weighted by atomic mass is 10.2. The van der Waals surface area contributed by atoms with Crippen LogP contribution in [0.2, 0.25) is 19.6 Å². The molecule has 2 aromatic carbocycles. The monoisotopic (exact) mass is 309 g/mol. The first-order chi connectivity index (χ1) is 10.4. The number of nitrogens with one attached hydrogen (secondary N) is 1. The third-order valence-electron chi connectivity index (χ3n) is 2.67. The van der Waals surface area contributed by atoms with Gasteiger partial charge in [0, 0.05) is 11.3 Å². The molecule has 0 atom stereocenters. The fourth-order valence-corrected chi connectivity index (χ4v) is 2.15. The van der Waals surface area contributed by atoms with Gasteiger partial charge in [0.15, 0.2) is 0 Å². The summed E-state index contributed by atoms with van der Waals surface area (Å²) in [6.45, 7) is 6.61. The van der Waals surface area contributed by atoms with Crippen LogP contribution in [0.4, 0.5) is 10.5 Å². The van der Waals surface area contributed by atoms with Gasteiger partial charge < -0.3 is 4.74 Å². The van der Waals surface area contributed by atoms with E-state index in [4.69, 9.17) is 4.74 Å². The molecule has 1 N–H and O–H groups in total. The molecular weight excluding hydrogens is 290 g/mol. The lowest BCUT2D eigenvalue weighted by Crippen LogP contribution is -2.16. The van der Waals surface area contributed by atoms with Crippen molar-refractivity contribution in [1.29, 1.82) is 0 Å². The predicted molar refractivity (Wildman–Crippen MR) is 92.8 cm³/mol. The highest BCUT2D eigenvalue weighted by molar-refractivity contribution is 6.83. The fourth-order valence-electron chi connectivity index (χ4n) is 1.64. The van der Waals surface area contributed by atoms with Gasteiger partial charge in [0.25, 0.3) is 0 Å². The zero-order chi connectivity index (χ0) is 16.0. The van der Waals surface area contributed by atoms with Crippen molar-refractivity contribution in [3.8, 4) is 17.2 Å². The van der Waals surface area contributed by atoms with Gasteiger partial charge in [-0.1, -0.05) is 43.8 Å². The highest BCUT2D eigenvalue weighted by atomic mass is 28.3. The molecular formula is C18H19NO2Si. The van der Waals surface area contributed by atoms with Gasteiger partial charge in [0.2, 0.25) is 0 Å². The Kier molecular flexibility index (Phi) is 5.02. The molecule has 0 aliphatic carbocycles. The first-order valence-corrected chi connectivity index (χ1v) is 10.6. The molecule has 0 unspecified atom stereocenters. The standard InChI is InChI=1S/C18H19NO2Si/c1-22(2,3)14-13-15-9-11-16(12-10-15)19-18(20)21-17-7-5-4-6-8-17/h4-12H,1-3H3,(H,19,20). The molecule has 0 aliphatic heterocycles. The molecule has 0 fully saturated rings. The first-order valence-electron chi connectivity index (χ1n) is 7.09. The maximum Gasteiger partial charge on any atom is 0.417 e. The summed E-state index contributed by atoms with van der Waals surface area (Å²) in [7, 11) is -1.37. The minimum atomic E-state index is -1.37. The second-order valence-electron chi connectivity index (χ2n) is 5.90. The van der Waals surface area contributed by atoms with E-state index in [1.807, 2.05) is 42.5 Å². The van der Waals surface area contributed by atoms with Crippen LogP contribution in [0.3, 0.4) is 0 Å². The summed E-state index contributed by atoms with van der Waals surface area (Å²) in [4.78, 5) is 11.8. The Morgan fingerprint density at radius 3 is 2.23 bits per heavy atom. The van der Waals surface area contributed by atoms with Crippen molar-refractivity contribution < 1.29 is 9.53 Å². The average Bonchev–Trinajstić information content (AvgIpc) is 2.47. The normalized spacial score (nSPS) is 10.3. The first kappa shape index (κ1) is 15.9. The SMILES string of the molecule is C[Si](C)(C)C#Cc1ccc(NC(=O)Oc2ccccc2)cc1. The van der Waals surface area contributed by atoms with Gasteiger partial charge in [-0.2, -0.15) is 0 Å². The van der Waals surface area contributed by atoms with E-state index in [-0.39, 0.29) is 0 Å². The summed E-state index contributed by atoms with van der Waals surface area (Å²) < 4.78 is 5.17. The van der Waals surface area contributed by atoms with E-state index in [0.717, 1.165) is 5.56 Å². The smallest absolute Gasteiger partial charge is 0.410 e. The molecule has 0 spiro atoms. The van der Waals surface area contributed by atoms with Gasteiger partial charge in [0.1, 0.15) is 13.8 Å². The van der Waals surface area contributed by atoms with E-state index in [0.29, 0.717) is 11.4 Å². The maximum atomic E-state index is 11.8. The van der Waals surface area contributed by atoms with Crippen molar-refractivity contribution in [1.82, 2.24) is 0 Å². The van der Waals surface area contributed by atoms with E-state index in [1.165, 1.54) is 0 Å². The van der Waals surface area contributed by atoms with Crippen LogP contribution in [0.15, 0.2) is 54.6 Å². The summed E-state index contributed by atoms with van der Waals surface area (Å²) in [6.07, 6.45) is -0.507. The van der Waals surface area contributed by atoms with E-state index >= 15 is 0 Å². The zero-order valence-corrected chi connectivity index (χ0v) is 14.0. The highest BCUT2D eigenvalue weighted by Crippen LogP contribution is 2.12. The molecule has 22 heavy (non-hydrogen) atoms. The van der Waals surface area contributed by atoms with Gasteiger partial charge in [-0.15, -0.1) is 5.54 Å². The van der Waals surface area contributed by atoms with Crippen molar-refractivity contribution in [3.05, 3.63) is 60.2 Å². The van der Waals surface area contributed by atoms with Crippen LogP contribution in [0.25, 0.3) is 0 Å². The van der Waals surface area contributed by atoms with Crippen LogP contribution >= 0.6 is 0 Å². The van der Waals surface area contributed by atoms with Gasteiger partial charge >= 0.3 is 6.09 Å². The van der Waals surface area contributed by atoms with E-state index in [2.05, 4.69) is 36.4 Å². The van der Waals surface area contributed by atoms with Gasteiger partial charge in [-0.25, -0.2) is 4.79 Å². The van der Waals surface area contributed by atoms with Crippen molar-refractivity contribution in [2.45, 2.75) is 19.6 Å². The molecule has 0 aromatic heterocycles. The molecule has 0 heterocycles. The van der Waals surface area contributed by atoms with Crippen molar-refractivity contribution >= 4 is 19.9 Å². The largest absolute Gasteiger partial charge is 0.417 e. The van der Waals surface area contributed by atoms with Gasteiger partial charge in [0.05, 0.1) is 0 Å². The summed E-state index contributed by atoms with van der Waals surface area (Å²) >= 11 is 0. The number of hydrogen-bond acceptors (Lipinski definition) is 2. The quantitative estimate of drug-likeness (QED) is 0.654. The molecule has 0 saturated carbocycles. The predicted octanol–water partition coefficient (Wildman–Crippen LogP) is 4.53. The second-order valence-corrected chi connectivity index (χ2v) is 10.7. The lowest BCUT2D eigenvalue weighted by molar-refractivity contribution is 0.215. The number of carbonyl (C=O) groups is 1. The molecule has 2 aromatic rings. The van der Waals surface area contributed by atoms with Crippen molar-refractivity contribution in [2.24, 2.45) is 0 Å². The second kappa shape index (κ2) is 6.97. The third kappa shape index (κ3) is 5.47. The Balaban J connectivity index is 1.96. The molecule has 1 amide bonds. The molecule has 112 valence electrons. The number of hydrogen-bond donors (Lipinski definition) is 1. The van der Waals surface area contributed by atoms with E-state index in [9.17, 15) is 4.79 Å². The molecule has 0 saturated heterocycles. The minimum absolute atomic E-state index is 0.507. The molecule has 2 rings (SSSR count). The zero-order valence-electron chi connectivity index (χ0n) is 13.0. The van der Waals surface area contributed by atoms with E-state index in [1.54, 1.807) is 12.1 Å². The molecule has 3 nitrogen and oxygen atoms in total. The average molecular weight is 309 g/mol. The Bertz CT molecular complexity index is 692. The number of amides is 1. The molecule has 0 aliphatic rings. The highest BCUT2D eigenvalue weighted by Gasteiger charge is 2.07. The van der Waals surface area contributed by atoms with Crippen molar-refractivity contribution in [2.75, 3.05) is 5.32 Å². The summed E-state index contributed by atoms with van der Waals surface area (Å²) in [5.41, 5.74) is 4.94. The molecule has 0 radical (unpaired) electrons. The number of carbonyl (C=O) groups excluding carboxylic acids is 1. The number of ether oxygens (including phenoxy) is 1. The topological polar surface area (TPSA) is 38.3 Å². The summed E-state index contributed by atoms with van der Waals surface area (Å²) in [6, 6.07) is 16.4. The number of anilines is 1. The summed E-state index contributed by atoms with van der Waals surface area (Å²) in [5, 5.41) is 2.69. The van der Waals surface area contributed by atoms with Crippen LogP contribution in [-0.4, -0.2) is 14.2 Å². The number of rotatable bonds is 2. The Labute approximate surface area is 132 Å². The van der Waals surface area contributed by atoms with Crippen molar-refractivity contribution in [3.63, 3.8) is 0 Å². The van der Waals surface area contributed by atoms with Crippen LogP contribution in [0.1, 0.15) is 5.56 Å². The number of benzene rings is 2. The van der Waals surface area contributed by atoms with Gasteiger partial charge in [-0.05, 0) is 36.4 Å². The van der Waals surface area contributed by atoms with E-state index < -0.39 is 14.2 Å². The number of para-hydroxylation sites is 1. The lowest BCUT2D eigenvalue weighted by Gasteiger charge is -2.06. The summed E-state index contributed by atoms with van der Waals surface area (Å²) in [5.74, 6) is 3.68. The Morgan fingerprint density at radius 1 is 1.00 bits per heavy atom. The third-order valence-corrected chi connectivity index (χ3v) is 3.54. The van der Waals surface area contributed by atoms with Crippen LogP contribution in [0.5, 0.6) is 5.75 Å². The molecule has 4 heteroatoms. The minimum Gasteiger partial charge on any atom is -0.410 e. The van der Waals surface area contributed by atoms with Crippen LogP contribution in [0, 0.1) is 11.5 Å². The molecule has 0 bridgehead atoms. The Morgan fingerprint density at radius 2 is 1.64 bits per heavy atom. The van der Waals surface area contributed by atoms with Crippen LogP contribution < -0.4 is 10.1 Å². The van der Waals surface area contributed by atoms with Crippen LogP contribution in [-0.2, 0) is 0 Å².